The van der Waals surface area contributed by atoms with Gasteiger partial charge < -0.3 is 5.11 Å². The molecule has 1 N–H and O–H groups in total. The molecule has 0 fully saturated rings. The Hall–Kier alpha value is -0.530. The van der Waals surface area contributed by atoms with Gasteiger partial charge >= 0.3 is 5.97 Å². The Morgan fingerprint density at radius 1 is 0.824 bits per heavy atom. The molecule has 0 aliphatic heterocycles. The summed E-state index contributed by atoms with van der Waals surface area (Å²) in [6.07, 6.45) is 16.0. The minimum Gasteiger partial charge on any atom is -0.481 e. The Morgan fingerprint density at radius 2 is 1.24 bits per heavy atom. The Labute approximate surface area is 107 Å². The minimum atomic E-state index is -0.785. The first kappa shape index (κ1) is 16.5. The van der Waals surface area contributed by atoms with Crippen molar-refractivity contribution in [3.63, 3.8) is 0 Å². The molecule has 0 unspecified atom stereocenters. The molecule has 0 bridgehead atoms. The summed E-state index contributed by atoms with van der Waals surface area (Å²) in [4.78, 5) is 10.2. The molecule has 2 radical (unpaired) electrons. The molecule has 2 nitrogen and oxygen atoms in total. The van der Waals surface area contributed by atoms with E-state index in [4.69, 9.17) is 5.11 Å². The van der Waals surface area contributed by atoms with Crippen molar-refractivity contribution in [3.05, 3.63) is 13.3 Å². The third-order valence-electron chi connectivity index (χ3n) is 3.02. The third-order valence-corrected chi connectivity index (χ3v) is 3.02. The summed E-state index contributed by atoms with van der Waals surface area (Å²) in [7, 11) is 0. The molecular formula is C15H28O2. The monoisotopic (exact) mass is 240 g/mol. The number of hydrogen-bond donors (Lipinski definition) is 1. The van der Waals surface area contributed by atoms with Crippen LogP contribution in [-0.2, 0) is 4.79 Å². The van der Waals surface area contributed by atoms with Gasteiger partial charge in [-0.2, -0.15) is 0 Å². The average molecular weight is 240 g/mol. The second-order valence-electron chi connectivity index (χ2n) is 4.72. The fraction of sp³-hybridized carbons (Fsp3) is 0.800. The van der Waals surface area contributed by atoms with E-state index < -0.39 is 5.97 Å². The molecular weight excluding hydrogens is 212 g/mol. The van der Waals surface area contributed by atoms with Crippen LogP contribution in [-0.4, -0.2) is 11.1 Å². The zero-order chi connectivity index (χ0) is 12.8. The topological polar surface area (TPSA) is 37.3 Å². The quantitative estimate of drug-likeness (QED) is 0.470. The fourth-order valence-corrected chi connectivity index (χ4v) is 1.96. The zero-order valence-electron chi connectivity index (χ0n) is 11.1. The summed E-state index contributed by atoms with van der Waals surface area (Å²) < 4.78 is 0. The van der Waals surface area contributed by atoms with Crippen molar-refractivity contribution >= 4 is 5.97 Å². The number of rotatable bonds is 13. The normalized spacial score (nSPS) is 10.6. The van der Waals surface area contributed by atoms with Gasteiger partial charge in [-0.05, 0) is 6.42 Å². The molecule has 0 saturated carbocycles. The Kier molecular flexibility index (Phi) is 13.1. The van der Waals surface area contributed by atoms with Crippen molar-refractivity contribution in [2.75, 3.05) is 0 Å². The summed E-state index contributed by atoms with van der Waals surface area (Å²) in [6, 6.07) is 0. The lowest BCUT2D eigenvalue weighted by atomic mass is 10.0. The van der Waals surface area contributed by atoms with Crippen LogP contribution in [0, 0.1) is 13.3 Å². The second-order valence-corrected chi connectivity index (χ2v) is 4.72. The molecule has 0 aliphatic rings. The summed E-state index contributed by atoms with van der Waals surface area (Å²) in [5, 5.41) is 8.42. The van der Waals surface area contributed by atoms with E-state index in [-0.39, 0.29) is 0 Å². The smallest absolute Gasteiger partial charge is 0.307 e. The molecule has 0 amide bonds. The van der Waals surface area contributed by atoms with E-state index in [1.54, 1.807) is 0 Å². The van der Waals surface area contributed by atoms with Crippen molar-refractivity contribution in [2.45, 2.75) is 77.0 Å². The second kappa shape index (κ2) is 13.5. The summed E-state index contributed by atoms with van der Waals surface area (Å²) in [5.74, 6) is -0.785. The van der Waals surface area contributed by atoms with Gasteiger partial charge in [0.2, 0.25) is 0 Å². The highest BCUT2D eigenvalue weighted by Crippen LogP contribution is 2.12. The molecule has 17 heavy (non-hydrogen) atoms. The highest BCUT2D eigenvalue weighted by Gasteiger charge is 1.97. The predicted molar refractivity (Wildman–Crippen MR) is 72.7 cm³/mol. The van der Waals surface area contributed by atoms with Crippen LogP contribution < -0.4 is 0 Å². The van der Waals surface area contributed by atoms with Crippen molar-refractivity contribution in [1.82, 2.24) is 0 Å². The first-order valence-electron chi connectivity index (χ1n) is 7.12. The maximum atomic E-state index is 10.2. The van der Waals surface area contributed by atoms with Gasteiger partial charge in [-0.1, -0.05) is 77.6 Å². The van der Waals surface area contributed by atoms with Crippen molar-refractivity contribution in [1.29, 1.82) is 0 Å². The van der Waals surface area contributed by atoms with E-state index in [2.05, 4.69) is 6.92 Å². The van der Waals surface area contributed by atoms with Gasteiger partial charge in [0.15, 0.2) is 0 Å². The van der Waals surface area contributed by atoms with E-state index in [0.717, 1.165) is 19.3 Å². The molecule has 0 saturated heterocycles. The minimum absolute atomic E-state index is 0.723. The van der Waals surface area contributed by atoms with Crippen LogP contribution in [0.5, 0.6) is 0 Å². The molecule has 0 rings (SSSR count). The van der Waals surface area contributed by atoms with E-state index in [1.165, 1.54) is 64.2 Å². The number of carbonyl (C=O) groups is 1. The molecule has 0 aromatic heterocycles. The molecule has 0 heterocycles. The van der Waals surface area contributed by atoms with Crippen molar-refractivity contribution in [3.8, 4) is 0 Å². The molecule has 0 spiro atoms. The highest BCUT2D eigenvalue weighted by molar-refractivity contribution is 5.76. The molecule has 2 heteroatoms. The molecule has 0 atom stereocenters. The summed E-state index contributed by atoms with van der Waals surface area (Å²) in [6.45, 7) is 3.84. The van der Waals surface area contributed by atoms with Gasteiger partial charge in [0, 0.05) is 0 Å². The van der Waals surface area contributed by atoms with E-state index in [0.29, 0.717) is 0 Å². The Morgan fingerprint density at radius 3 is 1.65 bits per heavy atom. The van der Waals surface area contributed by atoms with Gasteiger partial charge in [-0.25, -0.2) is 0 Å². The van der Waals surface area contributed by atoms with Crippen LogP contribution in [0.3, 0.4) is 0 Å². The van der Waals surface area contributed by atoms with Gasteiger partial charge in [0.1, 0.15) is 0 Å². The Bertz CT molecular complexity index is 166. The third kappa shape index (κ3) is 15.5. The SMILES string of the molecule is [CH2]CCCCCCCCCCCC[CH]C(=O)O. The number of carboxylic acid groups (broad SMARTS) is 1. The van der Waals surface area contributed by atoms with Gasteiger partial charge in [-0.3, -0.25) is 4.79 Å². The van der Waals surface area contributed by atoms with E-state index >= 15 is 0 Å². The van der Waals surface area contributed by atoms with E-state index in [9.17, 15) is 4.79 Å². The number of carboxylic acids is 1. The zero-order valence-corrected chi connectivity index (χ0v) is 11.1. The lowest BCUT2D eigenvalue weighted by Gasteiger charge is -2.02. The molecule has 0 aliphatic carbocycles. The first-order chi connectivity index (χ1) is 8.27. The van der Waals surface area contributed by atoms with Crippen LogP contribution >= 0.6 is 0 Å². The summed E-state index contributed by atoms with van der Waals surface area (Å²) in [5.41, 5.74) is 0. The molecule has 0 aromatic carbocycles. The maximum Gasteiger partial charge on any atom is 0.307 e. The van der Waals surface area contributed by atoms with E-state index in [1.807, 2.05) is 0 Å². The lowest BCUT2D eigenvalue weighted by Crippen LogP contribution is -1.94. The average Bonchev–Trinajstić information content (AvgIpc) is 2.30. The lowest BCUT2D eigenvalue weighted by molar-refractivity contribution is -0.133. The number of aliphatic carboxylic acids is 1. The number of hydrogen-bond acceptors (Lipinski definition) is 1. The van der Waals surface area contributed by atoms with Crippen molar-refractivity contribution < 1.29 is 9.90 Å². The fourth-order valence-electron chi connectivity index (χ4n) is 1.96. The number of unbranched alkanes of at least 4 members (excludes halogenated alkanes) is 11. The van der Waals surface area contributed by atoms with Crippen LogP contribution in [0.15, 0.2) is 0 Å². The Balaban J connectivity index is 2.91. The van der Waals surface area contributed by atoms with Crippen LogP contribution in [0.1, 0.15) is 77.0 Å². The largest absolute Gasteiger partial charge is 0.481 e. The predicted octanol–water partition coefficient (Wildman–Crippen LogP) is 4.79. The highest BCUT2D eigenvalue weighted by atomic mass is 16.4. The van der Waals surface area contributed by atoms with Crippen LogP contribution in [0.2, 0.25) is 0 Å². The summed E-state index contributed by atoms with van der Waals surface area (Å²) >= 11 is 0. The standard InChI is InChI=1S/C15H28O2/c1-2-3-4-5-6-7-8-9-10-11-12-13-14-15(16)17/h14H,1-13H2,(H,16,17). The van der Waals surface area contributed by atoms with Gasteiger partial charge in [0.05, 0.1) is 6.42 Å². The van der Waals surface area contributed by atoms with Crippen LogP contribution in [0.25, 0.3) is 0 Å². The van der Waals surface area contributed by atoms with Gasteiger partial charge in [0.25, 0.3) is 0 Å². The molecule has 100 valence electrons. The van der Waals surface area contributed by atoms with Gasteiger partial charge in [-0.15, -0.1) is 0 Å². The first-order valence-corrected chi connectivity index (χ1v) is 7.12. The van der Waals surface area contributed by atoms with Crippen molar-refractivity contribution in [2.24, 2.45) is 0 Å². The van der Waals surface area contributed by atoms with Crippen LogP contribution in [0.4, 0.5) is 0 Å². The maximum absolute atomic E-state index is 10.2. The molecule has 0 aromatic rings.